The van der Waals surface area contributed by atoms with E-state index in [2.05, 4.69) is 0 Å². The molecule has 2 radical (unpaired) electrons. The van der Waals surface area contributed by atoms with Crippen LogP contribution in [0.15, 0.2) is 36.4 Å². The summed E-state index contributed by atoms with van der Waals surface area (Å²) in [6, 6.07) is 11.5. The molecular weight excluding hydrogens is 145 g/mol. The summed E-state index contributed by atoms with van der Waals surface area (Å²) in [5.74, 6) is 0. The molecule has 2 aromatic rings. The second-order valence-electron chi connectivity index (χ2n) is 2.83. The Morgan fingerprint density at radius 3 is 2.75 bits per heavy atom. The molecule has 0 aliphatic heterocycles. The largest absolute Gasteiger partial charge is 0.398 e. The van der Waals surface area contributed by atoms with Crippen LogP contribution in [0.4, 0.5) is 5.69 Å². The minimum absolute atomic E-state index is 0.771. The number of nitrogen functional groups attached to an aromatic ring is 1. The highest BCUT2D eigenvalue weighted by molar-refractivity contribution is 6.33. The second-order valence-corrected chi connectivity index (χ2v) is 2.83. The van der Waals surface area contributed by atoms with Crippen molar-refractivity contribution in [3.63, 3.8) is 0 Å². The van der Waals surface area contributed by atoms with E-state index in [-0.39, 0.29) is 0 Å². The summed E-state index contributed by atoms with van der Waals surface area (Å²) in [6.45, 7) is 0. The van der Waals surface area contributed by atoms with Crippen LogP contribution in [-0.2, 0) is 0 Å². The number of nitrogens with two attached hydrogens (primary N) is 1. The molecule has 2 rings (SSSR count). The van der Waals surface area contributed by atoms with Crippen LogP contribution in [0.3, 0.4) is 0 Å². The predicted octanol–water partition coefficient (Wildman–Crippen LogP) is 1.22. The van der Waals surface area contributed by atoms with E-state index in [1.54, 1.807) is 0 Å². The first-order chi connectivity index (χ1) is 5.77. The zero-order chi connectivity index (χ0) is 8.55. The first kappa shape index (κ1) is 7.23. The van der Waals surface area contributed by atoms with Gasteiger partial charge in [-0.15, -0.1) is 0 Å². The van der Waals surface area contributed by atoms with Gasteiger partial charge in [-0.05, 0) is 11.5 Å². The molecular formula is C10H8BN. The number of fused-ring (bicyclic) bond motifs is 1. The second kappa shape index (κ2) is 2.56. The molecule has 1 nitrogen and oxygen atoms in total. The normalized spacial score (nSPS) is 10.3. The van der Waals surface area contributed by atoms with Crippen molar-refractivity contribution in [2.24, 2.45) is 0 Å². The van der Waals surface area contributed by atoms with Gasteiger partial charge in [-0.1, -0.05) is 35.8 Å². The first-order valence-corrected chi connectivity index (χ1v) is 3.81. The standard InChI is InChI=1S/C10H8BN/c11-8-4-5-9-7(6-8)2-1-3-10(9)12/h1-6H,12H2. The molecule has 0 aliphatic carbocycles. The van der Waals surface area contributed by atoms with Crippen molar-refractivity contribution in [1.29, 1.82) is 0 Å². The van der Waals surface area contributed by atoms with E-state index < -0.39 is 0 Å². The zero-order valence-corrected chi connectivity index (χ0v) is 6.62. The van der Waals surface area contributed by atoms with Crippen LogP contribution in [0.2, 0.25) is 0 Å². The van der Waals surface area contributed by atoms with Gasteiger partial charge in [0.2, 0.25) is 0 Å². The third kappa shape index (κ3) is 1.05. The highest BCUT2D eigenvalue weighted by atomic mass is 14.5. The van der Waals surface area contributed by atoms with E-state index in [0.29, 0.717) is 0 Å². The van der Waals surface area contributed by atoms with Gasteiger partial charge in [-0.2, -0.15) is 0 Å². The number of benzene rings is 2. The van der Waals surface area contributed by atoms with Crippen LogP contribution in [0.25, 0.3) is 10.8 Å². The van der Waals surface area contributed by atoms with E-state index in [0.717, 1.165) is 21.9 Å². The van der Waals surface area contributed by atoms with E-state index in [1.165, 1.54) is 0 Å². The van der Waals surface area contributed by atoms with Crippen LogP contribution in [-0.4, -0.2) is 7.85 Å². The summed E-state index contributed by atoms with van der Waals surface area (Å²) in [7, 11) is 5.63. The lowest BCUT2D eigenvalue weighted by atomic mass is 9.93. The van der Waals surface area contributed by atoms with Crippen LogP contribution in [0.5, 0.6) is 0 Å². The third-order valence-electron chi connectivity index (χ3n) is 1.94. The van der Waals surface area contributed by atoms with Crippen molar-refractivity contribution in [1.82, 2.24) is 0 Å². The molecule has 0 fully saturated rings. The van der Waals surface area contributed by atoms with Crippen LogP contribution in [0, 0.1) is 0 Å². The summed E-state index contributed by atoms with van der Waals surface area (Å²) in [6.07, 6.45) is 0. The maximum atomic E-state index is 5.77. The minimum Gasteiger partial charge on any atom is -0.398 e. The first-order valence-electron chi connectivity index (χ1n) is 3.81. The topological polar surface area (TPSA) is 26.0 Å². The van der Waals surface area contributed by atoms with Crippen molar-refractivity contribution < 1.29 is 0 Å². The van der Waals surface area contributed by atoms with Crippen molar-refractivity contribution in [3.05, 3.63) is 36.4 Å². The van der Waals surface area contributed by atoms with Gasteiger partial charge < -0.3 is 5.73 Å². The fraction of sp³-hybridized carbons (Fsp3) is 0. The highest BCUT2D eigenvalue weighted by Crippen LogP contribution is 2.18. The Balaban J connectivity index is 2.86. The molecule has 0 aromatic heterocycles. The molecule has 2 aromatic carbocycles. The van der Waals surface area contributed by atoms with Crippen molar-refractivity contribution in [2.75, 3.05) is 5.73 Å². The van der Waals surface area contributed by atoms with Crippen molar-refractivity contribution >= 4 is 29.8 Å². The maximum absolute atomic E-state index is 5.77. The SMILES string of the molecule is [B]c1ccc2c(N)cccc2c1. The fourth-order valence-corrected chi connectivity index (χ4v) is 1.33. The molecule has 0 amide bonds. The molecule has 0 atom stereocenters. The van der Waals surface area contributed by atoms with Crippen LogP contribution < -0.4 is 11.2 Å². The lowest BCUT2D eigenvalue weighted by Crippen LogP contribution is -2.00. The molecule has 2 heteroatoms. The summed E-state index contributed by atoms with van der Waals surface area (Å²) >= 11 is 0. The van der Waals surface area contributed by atoms with Gasteiger partial charge in [0, 0.05) is 11.1 Å². The molecule has 0 bridgehead atoms. The van der Waals surface area contributed by atoms with Gasteiger partial charge in [0.25, 0.3) is 0 Å². The maximum Gasteiger partial charge on any atom is 0.113 e. The average Bonchev–Trinajstić information content (AvgIpc) is 2.04. The lowest BCUT2D eigenvalue weighted by molar-refractivity contribution is 1.75. The van der Waals surface area contributed by atoms with Gasteiger partial charge >= 0.3 is 0 Å². The van der Waals surface area contributed by atoms with E-state index in [1.807, 2.05) is 36.4 Å². The predicted molar refractivity (Wildman–Crippen MR) is 53.7 cm³/mol. The number of hydrogen-bond acceptors (Lipinski definition) is 1. The Kier molecular flexibility index (Phi) is 1.54. The van der Waals surface area contributed by atoms with Crippen LogP contribution in [0.1, 0.15) is 0 Å². The Labute approximate surface area is 72.6 Å². The molecule has 0 aliphatic rings. The number of hydrogen-bond donors (Lipinski definition) is 1. The number of rotatable bonds is 0. The smallest absolute Gasteiger partial charge is 0.113 e. The summed E-state index contributed by atoms with van der Waals surface area (Å²) < 4.78 is 0. The minimum atomic E-state index is 0.771. The van der Waals surface area contributed by atoms with Gasteiger partial charge in [-0.3, -0.25) is 0 Å². The lowest BCUT2D eigenvalue weighted by Gasteiger charge is -2.01. The highest BCUT2D eigenvalue weighted by Gasteiger charge is 1.95. The van der Waals surface area contributed by atoms with Gasteiger partial charge in [-0.25, -0.2) is 0 Å². The van der Waals surface area contributed by atoms with E-state index >= 15 is 0 Å². The Morgan fingerprint density at radius 2 is 1.92 bits per heavy atom. The molecule has 12 heavy (non-hydrogen) atoms. The molecule has 2 N–H and O–H groups in total. The molecule has 0 heterocycles. The summed E-state index contributed by atoms with van der Waals surface area (Å²) in [4.78, 5) is 0. The quantitative estimate of drug-likeness (QED) is 0.446. The van der Waals surface area contributed by atoms with Crippen molar-refractivity contribution in [3.8, 4) is 0 Å². The Hall–Kier alpha value is -1.44. The monoisotopic (exact) mass is 153 g/mol. The summed E-state index contributed by atoms with van der Waals surface area (Å²) in [5, 5.41) is 2.15. The average molecular weight is 153 g/mol. The third-order valence-corrected chi connectivity index (χ3v) is 1.94. The van der Waals surface area contributed by atoms with Crippen molar-refractivity contribution in [2.45, 2.75) is 0 Å². The summed E-state index contributed by atoms with van der Waals surface area (Å²) in [5.41, 5.74) is 7.34. The van der Waals surface area contributed by atoms with Gasteiger partial charge in [0.1, 0.15) is 7.85 Å². The molecule has 0 saturated carbocycles. The van der Waals surface area contributed by atoms with Crippen LogP contribution >= 0.6 is 0 Å². The Bertz CT molecular complexity index is 423. The molecule has 0 spiro atoms. The van der Waals surface area contributed by atoms with Gasteiger partial charge in [0.15, 0.2) is 0 Å². The van der Waals surface area contributed by atoms with E-state index in [4.69, 9.17) is 13.6 Å². The molecule has 56 valence electrons. The molecule has 0 saturated heterocycles. The number of anilines is 1. The van der Waals surface area contributed by atoms with E-state index in [9.17, 15) is 0 Å². The molecule has 0 unspecified atom stereocenters. The van der Waals surface area contributed by atoms with Gasteiger partial charge in [0.05, 0.1) is 0 Å². The fourth-order valence-electron chi connectivity index (χ4n) is 1.33. The Morgan fingerprint density at radius 1 is 1.08 bits per heavy atom. The zero-order valence-electron chi connectivity index (χ0n) is 6.62.